The van der Waals surface area contributed by atoms with E-state index in [0.29, 0.717) is 16.7 Å². The number of alkyl halides is 2. The summed E-state index contributed by atoms with van der Waals surface area (Å²) in [6.07, 6.45) is 1.30. The molecule has 0 saturated carbocycles. The smallest absolute Gasteiger partial charge is 0.290 e. The fourth-order valence-corrected chi connectivity index (χ4v) is 2.27. The van der Waals surface area contributed by atoms with Gasteiger partial charge in [0.1, 0.15) is 12.1 Å². The van der Waals surface area contributed by atoms with Gasteiger partial charge in [-0.15, -0.1) is 0 Å². The second-order valence-electron chi connectivity index (χ2n) is 5.10. The summed E-state index contributed by atoms with van der Waals surface area (Å²) in [6, 6.07) is 11.3. The quantitative estimate of drug-likeness (QED) is 0.569. The lowest BCUT2D eigenvalue weighted by molar-refractivity contribution is -0.384. The van der Waals surface area contributed by atoms with Gasteiger partial charge in [0.2, 0.25) is 0 Å². The van der Waals surface area contributed by atoms with Crippen LogP contribution in [0.2, 0.25) is 0 Å². The Labute approximate surface area is 135 Å². The molecular weight excluding hydrogens is 318 g/mol. The second-order valence-corrected chi connectivity index (χ2v) is 5.10. The first kappa shape index (κ1) is 15.7. The van der Waals surface area contributed by atoms with Crippen LogP contribution >= 0.6 is 0 Å². The van der Waals surface area contributed by atoms with Crippen molar-refractivity contribution >= 4 is 22.4 Å². The molecule has 1 heterocycles. The van der Waals surface area contributed by atoms with Gasteiger partial charge in [0.15, 0.2) is 0 Å². The van der Waals surface area contributed by atoms with Gasteiger partial charge in [-0.05, 0) is 24.3 Å². The molecular formula is C16H12F2N4O2. The highest BCUT2D eigenvalue weighted by Crippen LogP contribution is 2.30. The first-order valence-electron chi connectivity index (χ1n) is 7.04. The molecule has 0 unspecified atom stereocenters. The predicted molar refractivity (Wildman–Crippen MR) is 85.0 cm³/mol. The monoisotopic (exact) mass is 330 g/mol. The van der Waals surface area contributed by atoms with E-state index in [2.05, 4.69) is 15.3 Å². The Morgan fingerprint density at radius 1 is 1.08 bits per heavy atom. The molecule has 0 amide bonds. The van der Waals surface area contributed by atoms with Crippen molar-refractivity contribution in [1.82, 2.24) is 9.97 Å². The van der Waals surface area contributed by atoms with Crippen molar-refractivity contribution in [1.29, 1.82) is 0 Å². The minimum Gasteiger partial charge on any atom is -0.363 e. The van der Waals surface area contributed by atoms with Crippen molar-refractivity contribution in [3.63, 3.8) is 0 Å². The first-order valence-corrected chi connectivity index (χ1v) is 7.04. The third-order valence-electron chi connectivity index (χ3n) is 3.52. The third kappa shape index (κ3) is 3.12. The van der Waals surface area contributed by atoms with Gasteiger partial charge in [0.05, 0.1) is 17.0 Å². The lowest BCUT2D eigenvalue weighted by Gasteiger charge is -2.18. The lowest BCUT2D eigenvalue weighted by Crippen LogP contribution is -2.25. The summed E-state index contributed by atoms with van der Waals surface area (Å²) >= 11 is 0. The summed E-state index contributed by atoms with van der Waals surface area (Å²) in [4.78, 5) is 18.0. The third-order valence-corrected chi connectivity index (χ3v) is 3.52. The molecule has 24 heavy (non-hydrogen) atoms. The number of para-hydroxylation sites is 1. The summed E-state index contributed by atoms with van der Waals surface area (Å²) in [7, 11) is 0. The number of nitrogens with zero attached hydrogens (tertiary/aromatic N) is 3. The minimum atomic E-state index is -3.21. The van der Waals surface area contributed by atoms with E-state index in [0.717, 1.165) is 24.3 Å². The van der Waals surface area contributed by atoms with Gasteiger partial charge in [0.25, 0.3) is 11.6 Å². The van der Waals surface area contributed by atoms with Crippen LogP contribution < -0.4 is 5.32 Å². The number of halogens is 2. The van der Waals surface area contributed by atoms with Crippen molar-refractivity contribution in [3.05, 3.63) is 70.5 Å². The number of hydrogen-bond acceptors (Lipinski definition) is 5. The summed E-state index contributed by atoms with van der Waals surface area (Å²) in [5.74, 6) is -2.90. The zero-order chi connectivity index (χ0) is 17.2. The summed E-state index contributed by atoms with van der Waals surface area (Å²) < 4.78 is 28.6. The summed E-state index contributed by atoms with van der Waals surface area (Å²) in [5.41, 5.74) is 0.108. The second kappa shape index (κ2) is 6.15. The molecule has 1 N–H and O–H groups in total. The average Bonchev–Trinajstić information content (AvgIpc) is 2.60. The van der Waals surface area contributed by atoms with E-state index in [1.54, 1.807) is 24.3 Å². The number of nitrogens with one attached hydrogen (secondary N) is 1. The van der Waals surface area contributed by atoms with E-state index in [1.165, 1.54) is 6.33 Å². The molecule has 0 atom stereocenters. The Kier molecular flexibility index (Phi) is 4.03. The van der Waals surface area contributed by atoms with Crippen LogP contribution in [-0.2, 0) is 5.92 Å². The van der Waals surface area contributed by atoms with E-state index in [-0.39, 0.29) is 11.3 Å². The van der Waals surface area contributed by atoms with Gasteiger partial charge in [-0.2, -0.15) is 8.78 Å². The highest BCUT2D eigenvalue weighted by molar-refractivity contribution is 5.88. The maximum Gasteiger partial charge on any atom is 0.290 e. The molecule has 3 aromatic rings. The van der Waals surface area contributed by atoms with E-state index in [1.807, 2.05) is 0 Å². The molecule has 6 nitrogen and oxygen atoms in total. The molecule has 3 rings (SSSR count). The minimum absolute atomic E-state index is 0.232. The Morgan fingerprint density at radius 3 is 2.50 bits per heavy atom. The molecule has 0 bridgehead atoms. The van der Waals surface area contributed by atoms with Crippen LogP contribution in [0.3, 0.4) is 0 Å². The Balaban J connectivity index is 1.80. The van der Waals surface area contributed by atoms with Crippen molar-refractivity contribution in [2.24, 2.45) is 0 Å². The van der Waals surface area contributed by atoms with Gasteiger partial charge < -0.3 is 5.32 Å². The summed E-state index contributed by atoms with van der Waals surface area (Å²) in [6.45, 7) is -0.689. The number of nitro groups is 1. The lowest BCUT2D eigenvalue weighted by atomic mass is 10.1. The molecule has 0 aliphatic heterocycles. The number of hydrogen-bond donors (Lipinski definition) is 1. The highest BCUT2D eigenvalue weighted by Gasteiger charge is 2.32. The molecule has 0 aliphatic carbocycles. The molecule has 0 aliphatic rings. The van der Waals surface area contributed by atoms with Crippen LogP contribution in [0.5, 0.6) is 0 Å². The zero-order valence-electron chi connectivity index (χ0n) is 12.3. The fourth-order valence-electron chi connectivity index (χ4n) is 2.27. The molecule has 2 aromatic carbocycles. The van der Waals surface area contributed by atoms with Crippen molar-refractivity contribution in [2.45, 2.75) is 5.92 Å². The fraction of sp³-hybridized carbons (Fsp3) is 0.125. The highest BCUT2D eigenvalue weighted by atomic mass is 19.3. The van der Waals surface area contributed by atoms with Crippen LogP contribution in [0.1, 0.15) is 5.56 Å². The standard InChI is InChI=1S/C16H12F2N4O2/c17-16(18,11-5-7-12(8-6-11)22(23)24)9-19-15-13-3-1-2-4-14(13)20-10-21-15/h1-8,10H,9H2,(H,19,20,21). The molecule has 0 saturated heterocycles. The van der Waals surface area contributed by atoms with Gasteiger partial charge >= 0.3 is 0 Å². The topological polar surface area (TPSA) is 81.0 Å². The molecule has 0 fully saturated rings. The van der Waals surface area contributed by atoms with Crippen LogP contribution in [-0.4, -0.2) is 21.4 Å². The van der Waals surface area contributed by atoms with Gasteiger partial charge in [-0.25, -0.2) is 9.97 Å². The Bertz CT molecular complexity index is 879. The van der Waals surface area contributed by atoms with Crippen molar-refractivity contribution < 1.29 is 13.7 Å². The number of nitro benzene ring substituents is 1. The van der Waals surface area contributed by atoms with Crippen LogP contribution in [0, 0.1) is 10.1 Å². The average molecular weight is 330 g/mol. The number of non-ortho nitro benzene ring substituents is 1. The first-order chi connectivity index (χ1) is 11.5. The zero-order valence-corrected chi connectivity index (χ0v) is 12.3. The molecule has 1 aromatic heterocycles. The maximum absolute atomic E-state index is 14.3. The number of fused-ring (bicyclic) bond motifs is 1. The molecule has 122 valence electrons. The number of benzene rings is 2. The predicted octanol–water partition coefficient (Wildman–Crippen LogP) is 3.74. The SMILES string of the molecule is O=[N+]([O-])c1ccc(C(F)(F)CNc2ncnc3ccccc23)cc1. The van der Waals surface area contributed by atoms with E-state index >= 15 is 0 Å². The van der Waals surface area contributed by atoms with Gasteiger partial charge in [-0.3, -0.25) is 10.1 Å². The van der Waals surface area contributed by atoms with Crippen molar-refractivity contribution in [2.75, 3.05) is 11.9 Å². The normalized spacial score (nSPS) is 11.4. The van der Waals surface area contributed by atoms with Gasteiger partial charge in [0, 0.05) is 23.1 Å². The van der Waals surface area contributed by atoms with Gasteiger partial charge in [-0.1, -0.05) is 12.1 Å². The maximum atomic E-state index is 14.3. The van der Waals surface area contributed by atoms with Crippen LogP contribution in [0.4, 0.5) is 20.3 Å². The van der Waals surface area contributed by atoms with Crippen molar-refractivity contribution in [3.8, 4) is 0 Å². The van der Waals surface area contributed by atoms with Crippen LogP contribution in [0.25, 0.3) is 10.9 Å². The molecule has 0 radical (unpaired) electrons. The van der Waals surface area contributed by atoms with E-state index in [4.69, 9.17) is 0 Å². The summed E-state index contributed by atoms with van der Waals surface area (Å²) in [5, 5.41) is 13.9. The van der Waals surface area contributed by atoms with E-state index in [9.17, 15) is 18.9 Å². The Hall–Kier alpha value is -3.16. The Morgan fingerprint density at radius 2 is 1.79 bits per heavy atom. The molecule has 0 spiro atoms. The van der Waals surface area contributed by atoms with Crippen LogP contribution in [0.15, 0.2) is 54.9 Å². The number of anilines is 1. The van der Waals surface area contributed by atoms with E-state index < -0.39 is 17.4 Å². The number of rotatable bonds is 5. The number of aromatic nitrogens is 2. The molecule has 8 heteroatoms. The largest absolute Gasteiger partial charge is 0.363 e.